The Kier molecular flexibility index (Phi) is 2.49. The topological polar surface area (TPSA) is 32.9 Å². The van der Waals surface area contributed by atoms with Gasteiger partial charge in [0.1, 0.15) is 0 Å². The molecule has 3 rings (SSSR count). The minimum Gasteiger partial charge on any atom is -0.321 e. The van der Waals surface area contributed by atoms with Crippen molar-refractivity contribution in [1.82, 2.24) is 4.98 Å². The zero-order valence-corrected chi connectivity index (χ0v) is 10.1. The summed E-state index contributed by atoms with van der Waals surface area (Å²) in [6.45, 7) is 2.04. The van der Waals surface area contributed by atoms with Crippen LogP contribution in [-0.4, -0.2) is 4.98 Å². The lowest BCUT2D eigenvalue weighted by molar-refractivity contribution is 1.30. The number of H-pyrrole nitrogens is 1. The predicted octanol–water partition coefficient (Wildman–Crippen LogP) is 3.50. The molecule has 0 aliphatic rings. The first-order valence-electron chi connectivity index (χ1n) is 5.93. The number of benzene rings is 2. The van der Waals surface area contributed by atoms with Gasteiger partial charge in [-0.3, -0.25) is 4.79 Å². The number of hydrogen-bond acceptors (Lipinski definition) is 1. The molecule has 0 spiro atoms. The van der Waals surface area contributed by atoms with Gasteiger partial charge in [0, 0.05) is 11.1 Å². The first-order valence-corrected chi connectivity index (χ1v) is 5.93. The molecule has 2 nitrogen and oxygen atoms in total. The molecule has 0 unspecified atom stereocenters. The summed E-state index contributed by atoms with van der Waals surface area (Å²) >= 11 is 0. The second kappa shape index (κ2) is 4.15. The highest BCUT2D eigenvalue weighted by Gasteiger charge is 2.04. The van der Waals surface area contributed by atoms with E-state index in [0.29, 0.717) is 5.56 Å². The molecule has 2 heteroatoms. The van der Waals surface area contributed by atoms with E-state index in [-0.39, 0.29) is 5.56 Å². The second-order valence-electron chi connectivity index (χ2n) is 4.47. The van der Waals surface area contributed by atoms with E-state index in [0.717, 1.165) is 16.5 Å². The molecule has 0 radical (unpaired) electrons. The Bertz CT molecular complexity index is 754. The molecule has 0 aliphatic carbocycles. The Labute approximate surface area is 105 Å². The highest BCUT2D eigenvalue weighted by Crippen LogP contribution is 2.19. The lowest BCUT2D eigenvalue weighted by Gasteiger charge is -2.04. The van der Waals surface area contributed by atoms with Crippen LogP contribution in [0.15, 0.2) is 59.4 Å². The maximum Gasteiger partial charge on any atom is 0.256 e. The fraction of sp³-hybridized carbons (Fsp3) is 0.0625. The van der Waals surface area contributed by atoms with E-state index in [1.807, 2.05) is 61.5 Å². The van der Waals surface area contributed by atoms with Crippen LogP contribution in [0.25, 0.3) is 22.0 Å². The van der Waals surface area contributed by atoms with Gasteiger partial charge in [-0.2, -0.15) is 0 Å². The second-order valence-corrected chi connectivity index (χ2v) is 4.47. The average molecular weight is 235 g/mol. The molecule has 0 amide bonds. The zero-order valence-electron chi connectivity index (χ0n) is 10.1. The van der Waals surface area contributed by atoms with Crippen LogP contribution >= 0.6 is 0 Å². The number of para-hydroxylation sites is 1. The smallest absolute Gasteiger partial charge is 0.256 e. The van der Waals surface area contributed by atoms with E-state index in [1.165, 1.54) is 5.56 Å². The van der Waals surface area contributed by atoms with Gasteiger partial charge >= 0.3 is 0 Å². The van der Waals surface area contributed by atoms with Gasteiger partial charge in [-0.05, 0) is 30.0 Å². The third kappa shape index (κ3) is 1.82. The number of aromatic nitrogens is 1. The molecule has 0 bridgehead atoms. The fourth-order valence-electron chi connectivity index (χ4n) is 2.09. The van der Waals surface area contributed by atoms with Crippen LogP contribution in [-0.2, 0) is 0 Å². The van der Waals surface area contributed by atoms with E-state index < -0.39 is 0 Å². The van der Waals surface area contributed by atoms with Crippen molar-refractivity contribution >= 4 is 10.9 Å². The molecule has 0 saturated carbocycles. The summed E-state index contributed by atoms with van der Waals surface area (Å²) in [6, 6.07) is 17.7. The molecular formula is C16H13NO. The monoisotopic (exact) mass is 235 g/mol. The highest BCUT2D eigenvalue weighted by molar-refractivity contribution is 5.83. The molecule has 1 aromatic heterocycles. The van der Waals surface area contributed by atoms with Crippen molar-refractivity contribution < 1.29 is 0 Å². The van der Waals surface area contributed by atoms with Crippen LogP contribution < -0.4 is 5.56 Å². The van der Waals surface area contributed by atoms with Gasteiger partial charge in [0.15, 0.2) is 0 Å². The van der Waals surface area contributed by atoms with Crippen LogP contribution in [0, 0.1) is 6.92 Å². The SMILES string of the molecule is Cc1ccc(-c2cc3ccccc3[nH]c2=O)cc1. The molecule has 0 aliphatic heterocycles. The molecule has 1 heterocycles. The van der Waals surface area contributed by atoms with Crippen LogP contribution in [0.4, 0.5) is 0 Å². The summed E-state index contributed by atoms with van der Waals surface area (Å²) in [5.74, 6) is 0. The van der Waals surface area contributed by atoms with Crippen molar-refractivity contribution in [3.8, 4) is 11.1 Å². The average Bonchev–Trinajstić information content (AvgIpc) is 2.39. The predicted molar refractivity (Wildman–Crippen MR) is 74.7 cm³/mol. The molecule has 2 aromatic carbocycles. The molecule has 0 fully saturated rings. The van der Waals surface area contributed by atoms with Gasteiger partial charge in [-0.25, -0.2) is 0 Å². The molecule has 3 aromatic rings. The Morgan fingerprint density at radius 3 is 2.44 bits per heavy atom. The highest BCUT2D eigenvalue weighted by atomic mass is 16.1. The van der Waals surface area contributed by atoms with E-state index >= 15 is 0 Å². The molecule has 1 N–H and O–H groups in total. The summed E-state index contributed by atoms with van der Waals surface area (Å²) in [7, 11) is 0. The fourth-order valence-corrected chi connectivity index (χ4v) is 2.09. The van der Waals surface area contributed by atoms with Gasteiger partial charge in [0.05, 0.1) is 0 Å². The molecule has 0 saturated heterocycles. The van der Waals surface area contributed by atoms with Crippen LogP contribution in [0.2, 0.25) is 0 Å². The van der Waals surface area contributed by atoms with Crippen molar-refractivity contribution in [1.29, 1.82) is 0 Å². The van der Waals surface area contributed by atoms with Gasteiger partial charge < -0.3 is 4.98 Å². The third-order valence-corrected chi connectivity index (χ3v) is 3.12. The minimum absolute atomic E-state index is 0.0439. The zero-order chi connectivity index (χ0) is 12.5. The van der Waals surface area contributed by atoms with Crippen LogP contribution in [0.1, 0.15) is 5.56 Å². The maximum atomic E-state index is 12.1. The number of pyridine rings is 1. The molecule has 18 heavy (non-hydrogen) atoms. The largest absolute Gasteiger partial charge is 0.321 e. The van der Waals surface area contributed by atoms with Crippen molar-refractivity contribution in [3.63, 3.8) is 0 Å². The lowest BCUT2D eigenvalue weighted by atomic mass is 10.0. The Morgan fingerprint density at radius 2 is 1.67 bits per heavy atom. The summed E-state index contributed by atoms with van der Waals surface area (Å²) in [4.78, 5) is 15.0. The quantitative estimate of drug-likeness (QED) is 0.688. The van der Waals surface area contributed by atoms with Gasteiger partial charge in [-0.1, -0.05) is 48.0 Å². The molecule has 88 valence electrons. The summed E-state index contributed by atoms with van der Waals surface area (Å²) in [5.41, 5.74) is 3.69. The Hall–Kier alpha value is -2.35. The Balaban J connectivity index is 2.26. The van der Waals surface area contributed by atoms with Crippen LogP contribution in [0.3, 0.4) is 0 Å². The number of fused-ring (bicyclic) bond motifs is 1. The maximum absolute atomic E-state index is 12.1. The van der Waals surface area contributed by atoms with Gasteiger partial charge in [0.2, 0.25) is 0 Å². The minimum atomic E-state index is -0.0439. The number of aromatic amines is 1. The van der Waals surface area contributed by atoms with Crippen molar-refractivity contribution in [3.05, 3.63) is 70.5 Å². The number of hydrogen-bond donors (Lipinski definition) is 1. The van der Waals surface area contributed by atoms with Gasteiger partial charge in [-0.15, -0.1) is 0 Å². The van der Waals surface area contributed by atoms with Crippen molar-refractivity contribution in [2.45, 2.75) is 6.92 Å². The number of rotatable bonds is 1. The van der Waals surface area contributed by atoms with E-state index in [9.17, 15) is 4.79 Å². The van der Waals surface area contributed by atoms with Gasteiger partial charge in [0.25, 0.3) is 5.56 Å². The van der Waals surface area contributed by atoms with E-state index in [1.54, 1.807) is 0 Å². The number of nitrogens with one attached hydrogen (secondary N) is 1. The van der Waals surface area contributed by atoms with Crippen molar-refractivity contribution in [2.75, 3.05) is 0 Å². The summed E-state index contributed by atoms with van der Waals surface area (Å²) in [6.07, 6.45) is 0. The third-order valence-electron chi connectivity index (χ3n) is 3.12. The first kappa shape index (κ1) is 10.8. The van der Waals surface area contributed by atoms with E-state index in [2.05, 4.69) is 4.98 Å². The number of aryl methyl sites for hydroxylation is 1. The molecular weight excluding hydrogens is 222 g/mol. The Morgan fingerprint density at radius 1 is 0.944 bits per heavy atom. The van der Waals surface area contributed by atoms with Crippen molar-refractivity contribution in [2.24, 2.45) is 0 Å². The standard InChI is InChI=1S/C16H13NO/c1-11-6-8-12(9-7-11)14-10-13-4-2-3-5-15(13)17-16(14)18/h2-10H,1H3,(H,17,18). The lowest BCUT2D eigenvalue weighted by Crippen LogP contribution is -2.08. The van der Waals surface area contributed by atoms with Crippen LogP contribution in [0.5, 0.6) is 0 Å². The molecule has 0 atom stereocenters. The van der Waals surface area contributed by atoms with E-state index in [4.69, 9.17) is 0 Å². The normalized spacial score (nSPS) is 10.7. The first-order chi connectivity index (χ1) is 8.74. The summed E-state index contributed by atoms with van der Waals surface area (Å²) < 4.78 is 0. The summed E-state index contributed by atoms with van der Waals surface area (Å²) in [5, 5.41) is 1.05.